The summed E-state index contributed by atoms with van der Waals surface area (Å²) >= 11 is 0. The predicted octanol–water partition coefficient (Wildman–Crippen LogP) is 1.45. The lowest BCUT2D eigenvalue weighted by molar-refractivity contribution is -0.169. The van der Waals surface area contributed by atoms with Gasteiger partial charge in [-0.15, -0.1) is 0 Å². The first-order chi connectivity index (χ1) is 11.8. The highest BCUT2D eigenvalue weighted by Gasteiger charge is 2.40. The van der Waals surface area contributed by atoms with Crippen LogP contribution in [0.2, 0.25) is 0 Å². The molecule has 1 amide bonds. The smallest absolute Gasteiger partial charge is 0.256 e. The Morgan fingerprint density at radius 1 is 0.958 bits per heavy atom. The highest BCUT2D eigenvalue weighted by molar-refractivity contribution is 5.93. The normalized spacial score (nSPS) is 23.7. The molecule has 1 aromatic rings. The van der Waals surface area contributed by atoms with Gasteiger partial charge in [-0.2, -0.15) is 0 Å². The van der Waals surface area contributed by atoms with Gasteiger partial charge in [-0.25, -0.2) is 9.97 Å². The number of hydrogen-bond acceptors (Lipinski definition) is 6. The Morgan fingerprint density at radius 3 is 2.21 bits per heavy atom. The molecule has 0 aromatic carbocycles. The van der Waals surface area contributed by atoms with Crippen LogP contribution in [0.3, 0.4) is 0 Å². The molecule has 4 rings (SSSR count). The number of carbonyl (C=O) groups excluding carboxylic acids is 1. The van der Waals surface area contributed by atoms with Crippen molar-refractivity contribution in [2.45, 2.75) is 37.9 Å². The lowest BCUT2D eigenvalue weighted by atomic mass is 10.0. The number of likely N-dealkylation sites (tertiary alicyclic amines) is 1. The van der Waals surface area contributed by atoms with Crippen LogP contribution in [0.5, 0.6) is 0 Å². The number of piperidine rings is 2. The fourth-order valence-corrected chi connectivity index (χ4v) is 3.71. The maximum atomic E-state index is 12.5. The maximum Gasteiger partial charge on any atom is 0.256 e. The number of ether oxygens (including phenoxy) is 2. The fraction of sp³-hybridized carbons (Fsp3) is 0.706. The topological polar surface area (TPSA) is 67.8 Å². The Bertz CT molecular complexity index is 570. The summed E-state index contributed by atoms with van der Waals surface area (Å²) < 4.78 is 11.5. The van der Waals surface area contributed by atoms with Gasteiger partial charge in [0.2, 0.25) is 5.95 Å². The van der Waals surface area contributed by atoms with Crippen molar-refractivity contribution in [1.82, 2.24) is 14.9 Å². The molecule has 0 saturated carbocycles. The van der Waals surface area contributed by atoms with Crippen molar-refractivity contribution in [1.29, 1.82) is 0 Å². The minimum absolute atomic E-state index is 0.0478. The minimum Gasteiger partial charge on any atom is -0.347 e. The summed E-state index contributed by atoms with van der Waals surface area (Å²) in [6.07, 6.45) is 8.35. The summed E-state index contributed by atoms with van der Waals surface area (Å²) in [6, 6.07) is 0. The third kappa shape index (κ3) is 3.10. The van der Waals surface area contributed by atoms with Gasteiger partial charge in [-0.05, 0) is 19.3 Å². The second-order valence-corrected chi connectivity index (χ2v) is 6.72. The van der Waals surface area contributed by atoms with Crippen LogP contribution < -0.4 is 4.90 Å². The molecule has 0 radical (unpaired) electrons. The molecule has 7 nitrogen and oxygen atoms in total. The Morgan fingerprint density at radius 2 is 1.58 bits per heavy atom. The third-order valence-corrected chi connectivity index (χ3v) is 5.15. The van der Waals surface area contributed by atoms with Gasteiger partial charge in [0.05, 0.1) is 18.8 Å². The zero-order valence-electron chi connectivity index (χ0n) is 13.9. The van der Waals surface area contributed by atoms with Crippen LogP contribution in [-0.4, -0.2) is 66.0 Å². The number of hydrogen-bond donors (Lipinski definition) is 0. The van der Waals surface area contributed by atoms with E-state index in [1.165, 1.54) is 6.42 Å². The van der Waals surface area contributed by atoms with Gasteiger partial charge >= 0.3 is 0 Å². The molecule has 3 saturated heterocycles. The van der Waals surface area contributed by atoms with Gasteiger partial charge < -0.3 is 19.3 Å². The highest BCUT2D eigenvalue weighted by atomic mass is 16.7. The van der Waals surface area contributed by atoms with E-state index in [9.17, 15) is 4.79 Å². The second-order valence-electron chi connectivity index (χ2n) is 6.72. The number of anilines is 1. The van der Waals surface area contributed by atoms with Gasteiger partial charge in [0.1, 0.15) is 0 Å². The molecule has 0 unspecified atom stereocenters. The molecule has 7 heteroatoms. The third-order valence-electron chi connectivity index (χ3n) is 5.15. The standard InChI is InChI=1S/C17H24N4O3/c22-15(20-6-2-1-3-7-20)14-12-18-16(19-13-14)21-8-4-17(5-9-21)23-10-11-24-17/h12-13H,1-11H2. The SMILES string of the molecule is O=C(c1cnc(N2CCC3(CC2)OCCO3)nc1)N1CCCCC1. The molecule has 0 bridgehead atoms. The molecular formula is C17H24N4O3. The zero-order chi connectivity index (χ0) is 16.4. The Labute approximate surface area is 142 Å². The van der Waals surface area contributed by atoms with Crippen LogP contribution >= 0.6 is 0 Å². The lowest BCUT2D eigenvalue weighted by Gasteiger charge is -2.37. The number of carbonyl (C=O) groups is 1. The van der Waals surface area contributed by atoms with Crippen molar-refractivity contribution in [2.24, 2.45) is 0 Å². The number of rotatable bonds is 2. The summed E-state index contributed by atoms with van der Waals surface area (Å²) in [5.74, 6) is 0.338. The van der Waals surface area contributed by atoms with Gasteiger partial charge in [0.25, 0.3) is 5.91 Å². The quantitative estimate of drug-likeness (QED) is 0.816. The van der Waals surface area contributed by atoms with E-state index in [1.807, 2.05) is 4.90 Å². The molecule has 1 aromatic heterocycles. The molecule has 4 heterocycles. The molecule has 0 atom stereocenters. The van der Waals surface area contributed by atoms with Crippen LogP contribution in [0.4, 0.5) is 5.95 Å². The first-order valence-electron chi connectivity index (χ1n) is 8.90. The van der Waals surface area contributed by atoms with Crippen molar-refractivity contribution >= 4 is 11.9 Å². The average molecular weight is 332 g/mol. The van der Waals surface area contributed by atoms with E-state index in [1.54, 1.807) is 12.4 Å². The van der Waals surface area contributed by atoms with E-state index in [0.717, 1.165) is 51.9 Å². The molecule has 0 aliphatic carbocycles. The maximum absolute atomic E-state index is 12.5. The molecule has 3 aliphatic heterocycles. The molecule has 0 N–H and O–H groups in total. The fourth-order valence-electron chi connectivity index (χ4n) is 3.71. The molecule has 3 fully saturated rings. The van der Waals surface area contributed by atoms with Crippen LogP contribution in [-0.2, 0) is 9.47 Å². The summed E-state index contributed by atoms with van der Waals surface area (Å²) in [6.45, 7) is 4.66. The van der Waals surface area contributed by atoms with Gasteiger partial charge in [-0.1, -0.05) is 0 Å². The Hall–Kier alpha value is -1.73. The summed E-state index contributed by atoms with van der Waals surface area (Å²) in [4.78, 5) is 25.3. The molecule has 1 spiro atoms. The van der Waals surface area contributed by atoms with Gasteiger partial charge in [0, 0.05) is 51.4 Å². The highest BCUT2D eigenvalue weighted by Crippen LogP contribution is 2.32. The van der Waals surface area contributed by atoms with Crippen molar-refractivity contribution in [2.75, 3.05) is 44.3 Å². The largest absolute Gasteiger partial charge is 0.347 e. The van der Waals surface area contributed by atoms with Crippen LogP contribution in [0, 0.1) is 0 Å². The number of amides is 1. The Balaban J connectivity index is 1.38. The van der Waals surface area contributed by atoms with Gasteiger partial charge in [-0.3, -0.25) is 4.79 Å². The zero-order valence-corrected chi connectivity index (χ0v) is 13.9. The van der Waals surface area contributed by atoms with Crippen molar-refractivity contribution in [3.63, 3.8) is 0 Å². The van der Waals surface area contributed by atoms with Crippen molar-refractivity contribution < 1.29 is 14.3 Å². The lowest BCUT2D eigenvalue weighted by Crippen LogP contribution is -2.45. The molecule has 24 heavy (non-hydrogen) atoms. The molecule has 130 valence electrons. The summed E-state index contributed by atoms with van der Waals surface area (Å²) in [7, 11) is 0. The van der Waals surface area contributed by atoms with E-state index < -0.39 is 0 Å². The molecular weight excluding hydrogens is 308 g/mol. The predicted molar refractivity (Wildman–Crippen MR) is 87.9 cm³/mol. The van der Waals surface area contributed by atoms with Crippen molar-refractivity contribution in [3.05, 3.63) is 18.0 Å². The molecule has 3 aliphatic rings. The van der Waals surface area contributed by atoms with Crippen LogP contribution in [0.15, 0.2) is 12.4 Å². The Kier molecular flexibility index (Phi) is 4.37. The van der Waals surface area contributed by atoms with Crippen LogP contribution in [0.25, 0.3) is 0 Å². The van der Waals surface area contributed by atoms with Gasteiger partial charge in [0.15, 0.2) is 5.79 Å². The van der Waals surface area contributed by atoms with E-state index in [4.69, 9.17) is 9.47 Å². The summed E-state index contributed by atoms with van der Waals surface area (Å²) in [5, 5.41) is 0. The van der Waals surface area contributed by atoms with E-state index in [-0.39, 0.29) is 11.7 Å². The first-order valence-corrected chi connectivity index (χ1v) is 8.90. The van der Waals surface area contributed by atoms with Crippen LogP contribution in [0.1, 0.15) is 42.5 Å². The number of nitrogens with zero attached hydrogens (tertiary/aromatic N) is 4. The first kappa shape index (κ1) is 15.8. The van der Waals surface area contributed by atoms with E-state index >= 15 is 0 Å². The summed E-state index contributed by atoms with van der Waals surface area (Å²) in [5.41, 5.74) is 0.580. The van der Waals surface area contributed by atoms with Crippen molar-refractivity contribution in [3.8, 4) is 0 Å². The van der Waals surface area contributed by atoms with E-state index in [0.29, 0.717) is 24.7 Å². The second kappa shape index (κ2) is 6.64. The number of aromatic nitrogens is 2. The monoisotopic (exact) mass is 332 g/mol. The minimum atomic E-state index is -0.388. The van der Waals surface area contributed by atoms with E-state index in [2.05, 4.69) is 14.9 Å². The average Bonchev–Trinajstić information content (AvgIpc) is 3.11.